The fourth-order valence-electron chi connectivity index (χ4n) is 2.46. The summed E-state index contributed by atoms with van der Waals surface area (Å²) in [7, 11) is 0. The molecule has 2 aromatic carbocycles. The molecule has 136 valence electrons. The van der Waals surface area contributed by atoms with Gasteiger partial charge in [0.15, 0.2) is 0 Å². The molecule has 1 aromatic heterocycles. The van der Waals surface area contributed by atoms with Crippen molar-refractivity contribution in [2.45, 2.75) is 6.42 Å². The van der Waals surface area contributed by atoms with Crippen molar-refractivity contribution in [3.63, 3.8) is 0 Å². The average molecular weight is 362 g/mol. The van der Waals surface area contributed by atoms with Gasteiger partial charge in [-0.15, -0.1) is 0 Å². The van der Waals surface area contributed by atoms with Gasteiger partial charge in [-0.2, -0.15) is 0 Å². The molecule has 0 unspecified atom stereocenters. The molecule has 1 amide bonds. The minimum atomic E-state index is -0.328. The van der Waals surface area contributed by atoms with E-state index in [4.69, 9.17) is 4.74 Å². The highest BCUT2D eigenvalue weighted by Crippen LogP contribution is 2.20. The van der Waals surface area contributed by atoms with Crippen LogP contribution in [0.2, 0.25) is 0 Å². The lowest BCUT2D eigenvalue weighted by molar-refractivity contribution is -0.116. The number of nitrogens with zero attached hydrogens (tertiary/aromatic N) is 1. The van der Waals surface area contributed by atoms with Gasteiger partial charge in [0.2, 0.25) is 11.8 Å². The molecule has 5 heteroatoms. The Bertz CT molecular complexity index is 926. The van der Waals surface area contributed by atoms with Crippen LogP contribution >= 0.6 is 0 Å². The number of pyridine rings is 1. The van der Waals surface area contributed by atoms with E-state index in [2.05, 4.69) is 10.3 Å². The minimum absolute atomic E-state index is 0.222. The first-order valence-corrected chi connectivity index (χ1v) is 8.58. The van der Waals surface area contributed by atoms with Crippen molar-refractivity contribution in [3.05, 3.63) is 95.9 Å². The summed E-state index contributed by atoms with van der Waals surface area (Å²) in [5.74, 6) is 0.680. The summed E-state index contributed by atoms with van der Waals surface area (Å²) in [6, 6.07) is 19.2. The molecule has 0 aliphatic heterocycles. The predicted octanol–water partition coefficient (Wildman–Crippen LogP) is 4.39. The van der Waals surface area contributed by atoms with Gasteiger partial charge >= 0.3 is 0 Å². The quantitative estimate of drug-likeness (QED) is 0.635. The van der Waals surface area contributed by atoms with Gasteiger partial charge < -0.3 is 10.1 Å². The van der Waals surface area contributed by atoms with Crippen molar-refractivity contribution in [1.29, 1.82) is 0 Å². The summed E-state index contributed by atoms with van der Waals surface area (Å²) in [5.41, 5.74) is 1.68. The van der Waals surface area contributed by atoms with Crippen LogP contribution in [0.5, 0.6) is 11.6 Å². The van der Waals surface area contributed by atoms with Crippen LogP contribution in [-0.4, -0.2) is 17.4 Å². The third kappa shape index (κ3) is 6.08. The Kier molecular flexibility index (Phi) is 6.30. The lowest BCUT2D eigenvalue weighted by Gasteiger charge is -2.07. The van der Waals surface area contributed by atoms with Crippen molar-refractivity contribution in [1.82, 2.24) is 10.3 Å². The molecular formula is C22H19FN2O2. The van der Waals surface area contributed by atoms with Crippen LogP contribution in [-0.2, 0) is 11.2 Å². The zero-order valence-electron chi connectivity index (χ0n) is 14.6. The van der Waals surface area contributed by atoms with Crippen molar-refractivity contribution in [3.8, 4) is 11.6 Å². The molecule has 0 aliphatic rings. The second-order valence-corrected chi connectivity index (χ2v) is 5.85. The molecule has 0 fully saturated rings. The van der Waals surface area contributed by atoms with Gasteiger partial charge in [-0.05, 0) is 54.0 Å². The number of hydrogen-bond donors (Lipinski definition) is 1. The zero-order valence-corrected chi connectivity index (χ0v) is 14.6. The monoisotopic (exact) mass is 362 g/mol. The van der Waals surface area contributed by atoms with Crippen LogP contribution < -0.4 is 10.1 Å². The Balaban J connectivity index is 1.48. The van der Waals surface area contributed by atoms with Gasteiger partial charge in [0, 0.05) is 24.9 Å². The Morgan fingerprint density at radius 1 is 1.07 bits per heavy atom. The third-order valence-corrected chi connectivity index (χ3v) is 3.75. The Morgan fingerprint density at radius 2 is 1.96 bits per heavy atom. The topological polar surface area (TPSA) is 51.2 Å². The van der Waals surface area contributed by atoms with Crippen LogP contribution in [0.1, 0.15) is 11.1 Å². The first kappa shape index (κ1) is 18.3. The highest BCUT2D eigenvalue weighted by Gasteiger charge is 2.01. The fourth-order valence-corrected chi connectivity index (χ4v) is 2.46. The maximum atomic E-state index is 13.1. The molecular weight excluding hydrogens is 343 g/mol. The molecule has 3 aromatic rings. The summed E-state index contributed by atoms with van der Waals surface area (Å²) in [6.07, 6.45) is 5.32. The van der Waals surface area contributed by atoms with Crippen molar-refractivity contribution in [2.24, 2.45) is 0 Å². The molecule has 0 aliphatic carbocycles. The smallest absolute Gasteiger partial charge is 0.244 e. The highest BCUT2D eigenvalue weighted by molar-refractivity contribution is 5.91. The summed E-state index contributed by atoms with van der Waals surface area (Å²) < 4.78 is 18.8. The normalized spacial score (nSPS) is 10.7. The van der Waals surface area contributed by atoms with Crippen molar-refractivity contribution >= 4 is 12.0 Å². The van der Waals surface area contributed by atoms with Gasteiger partial charge in [0.1, 0.15) is 11.6 Å². The van der Waals surface area contributed by atoms with Gasteiger partial charge in [-0.1, -0.05) is 30.3 Å². The third-order valence-electron chi connectivity index (χ3n) is 3.75. The van der Waals surface area contributed by atoms with E-state index in [1.54, 1.807) is 30.5 Å². The van der Waals surface area contributed by atoms with Crippen LogP contribution in [0, 0.1) is 5.82 Å². The van der Waals surface area contributed by atoms with Crippen molar-refractivity contribution in [2.75, 3.05) is 6.54 Å². The summed E-state index contributed by atoms with van der Waals surface area (Å²) in [5, 5.41) is 2.81. The average Bonchev–Trinajstić information content (AvgIpc) is 2.68. The van der Waals surface area contributed by atoms with Crippen LogP contribution in [0.4, 0.5) is 4.39 Å². The molecule has 0 bridgehead atoms. The van der Waals surface area contributed by atoms with Gasteiger partial charge in [0.05, 0.1) is 0 Å². The standard InChI is InChI=1S/C22H19FN2O2/c23-19-7-3-5-17(15-19)10-11-21(26)24-14-12-18-6-4-8-20(16-18)27-22-9-1-2-13-25-22/h1-11,13,15-16H,12,14H2,(H,24,26). The van der Waals surface area contributed by atoms with Crippen LogP contribution in [0.25, 0.3) is 6.08 Å². The number of amides is 1. The number of carbonyl (C=O) groups excluding carboxylic acids is 1. The molecule has 0 saturated heterocycles. The maximum Gasteiger partial charge on any atom is 0.244 e. The van der Waals surface area contributed by atoms with Crippen LogP contribution in [0.3, 0.4) is 0 Å². The van der Waals surface area contributed by atoms with E-state index in [-0.39, 0.29) is 11.7 Å². The first-order chi connectivity index (χ1) is 13.2. The van der Waals surface area contributed by atoms with Crippen molar-refractivity contribution < 1.29 is 13.9 Å². The van der Waals surface area contributed by atoms with E-state index >= 15 is 0 Å². The molecule has 0 saturated carbocycles. The van der Waals surface area contributed by atoms with E-state index in [0.29, 0.717) is 30.2 Å². The summed E-state index contributed by atoms with van der Waals surface area (Å²) in [6.45, 7) is 0.485. The van der Waals surface area contributed by atoms with Gasteiger partial charge in [-0.3, -0.25) is 4.79 Å². The zero-order chi connectivity index (χ0) is 18.9. The highest BCUT2D eigenvalue weighted by atomic mass is 19.1. The molecule has 0 atom stereocenters. The van der Waals surface area contributed by atoms with Crippen LogP contribution in [0.15, 0.2) is 79.0 Å². The second-order valence-electron chi connectivity index (χ2n) is 5.85. The number of halogens is 1. The number of aromatic nitrogens is 1. The number of ether oxygens (including phenoxy) is 1. The number of nitrogens with one attached hydrogen (secondary N) is 1. The maximum absolute atomic E-state index is 13.1. The number of carbonyl (C=O) groups is 1. The molecule has 1 heterocycles. The Hall–Kier alpha value is -3.47. The summed E-state index contributed by atoms with van der Waals surface area (Å²) >= 11 is 0. The molecule has 1 N–H and O–H groups in total. The lowest BCUT2D eigenvalue weighted by atomic mass is 10.1. The first-order valence-electron chi connectivity index (χ1n) is 8.58. The van der Waals surface area contributed by atoms with E-state index < -0.39 is 0 Å². The Labute approximate surface area is 157 Å². The van der Waals surface area contributed by atoms with Gasteiger partial charge in [0.25, 0.3) is 0 Å². The van der Waals surface area contributed by atoms with Gasteiger partial charge in [-0.25, -0.2) is 9.37 Å². The SMILES string of the molecule is O=C(C=Cc1cccc(F)c1)NCCc1cccc(Oc2ccccn2)c1. The predicted molar refractivity (Wildman–Crippen MR) is 103 cm³/mol. The number of hydrogen-bond acceptors (Lipinski definition) is 3. The fraction of sp³-hybridized carbons (Fsp3) is 0.0909. The lowest BCUT2D eigenvalue weighted by Crippen LogP contribution is -2.23. The molecule has 0 spiro atoms. The second kappa shape index (κ2) is 9.29. The van der Waals surface area contributed by atoms with E-state index in [9.17, 15) is 9.18 Å². The van der Waals surface area contributed by atoms with E-state index in [1.165, 1.54) is 18.2 Å². The van der Waals surface area contributed by atoms with E-state index in [0.717, 1.165) is 5.56 Å². The molecule has 0 radical (unpaired) electrons. The summed E-state index contributed by atoms with van der Waals surface area (Å²) in [4.78, 5) is 16.0. The Morgan fingerprint density at radius 3 is 2.78 bits per heavy atom. The van der Waals surface area contributed by atoms with E-state index in [1.807, 2.05) is 36.4 Å². The number of benzene rings is 2. The molecule has 4 nitrogen and oxygen atoms in total. The number of rotatable bonds is 7. The minimum Gasteiger partial charge on any atom is -0.439 e. The largest absolute Gasteiger partial charge is 0.439 e. The molecule has 3 rings (SSSR count). The molecule has 27 heavy (non-hydrogen) atoms.